The van der Waals surface area contributed by atoms with Crippen molar-refractivity contribution in [1.29, 1.82) is 0 Å². The normalized spacial score (nSPS) is 25.7. The smallest absolute Gasteiger partial charge is 0.188 e. The molecule has 0 atom stereocenters. The number of rotatable bonds is 7. The maximum atomic E-state index is 12.3. The molecule has 0 saturated heterocycles. The van der Waals surface area contributed by atoms with Crippen LogP contribution in [-0.2, 0) is 9.59 Å². The highest BCUT2D eigenvalue weighted by molar-refractivity contribution is 6.23. The molecule has 1 fully saturated rings. The lowest BCUT2D eigenvalue weighted by atomic mass is 9.82. The predicted molar refractivity (Wildman–Crippen MR) is 104 cm³/mol. The zero-order valence-electron chi connectivity index (χ0n) is 15.7. The van der Waals surface area contributed by atoms with Crippen LogP contribution >= 0.6 is 0 Å². The molecule has 0 radical (unpaired) electrons. The first-order valence-electron chi connectivity index (χ1n) is 10.1. The minimum atomic E-state index is -0.184. The molecule has 4 nitrogen and oxygen atoms in total. The molecular formula is C22H30N2O2. The van der Waals surface area contributed by atoms with Gasteiger partial charge in [-0.15, -0.1) is 0 Å². The van der Waals surface area contributed by atoms with Gasteiger partial charge in [0.05, 0.1) is 11.1 Å². The van der Waals surface area contributed by atoms with Crippen molar-refractivity contribution in [3.05, 3.63) is 46.8 Å². The molecule has 0 aromatic carbocycles. The highest BCUT2D eigenvalue weighted by Crippen LogP contribution is 2.32. The highest BCUT2D eigenvalue weighted by atomic mass is 16.1. The Hall–Kier alpha value is -2.10. The summed E-state index contributed by atoms with van der Waals surface area (Å²) in [6.45, 7) is 2.25. The van der Waals surface area contributed by atoms with E-state index < -0.39 is 0 Å². The van der Waals surface area contributed by atoms with Gasteiger partial charge in [0.2, 0.25) is 0 Å². The van der Waals surface area contributed by atoms with Crippen molar-refractivity contribution in [1.82, 2.24) is 5.32 Å². The summed E-state index contributed by atoms with van der Waals surface area (Å²) in [5, 5.41) is 3.52. The molecule has 0 spiro atoms. The number of ketones is 2. The Morgan fingerprint density at radius 3 is 2.35 bits per heavy atom. The Kier molecular flexibility index (Phi) is 6.12. The molecule has 0 unspecified atom stereocenters. The molecule has 0 aliphatic heterocycles. The topological polar surface area (TPSA) is 72.2 Å². The number of nitrogens with one attached hydrogen (secondary N) is 1. The average Bonchev–Trinajstić information content (AvgIpc) is 2.65. The van der Waals surface area contributed by atoms with E-state index in [0.29, 0.717) is 22.9 Å². The van der Waals surface area contributed by atoms with Gasteiger partial charge in [-0.2, -0.15) is 0 Å². The molecule has 0 bridgehead atoms. The lowest BCUT2D eigenvalue weighted by Crippen LogP contribution is -2.35. The zero-order valence-corrected chi connectivity index (χ0v) is 15.7. The van der Waals surface area contributed by atoms with Crippen LogP contribution < -0.4 is 11.1 Å². The van der Waals surface area contributed by atoms with Crippen molar-refractivity contribution in [2.75, 3.05) is 0 Å². The van der Waals surface area contributed by atoms with Gasteiger partial charge >= 0.3 is 0 Å². The fourth-order valence-corrected chi connectivity index (χ4v) is 4.25. The number of hydrogen-bond acceptors (Lipinski definition) is 4. The van der Waals surface area contributed by atoms with Crippen molar-refractivity contribution in [3.63, 3.8) is 0 Å². The number of fused-ring (bicyclic) bond motifs is 1. The van der Waals surface area contributed by atoms with E-state index in [-0.39, 0.29) is 11.6 Å². The highest BCUT2D eigenvalue weighted by Gasteiger charge is 2.30. The number of carbonyl (C=O) groups excluding carboxylic acids is 2. The summed E-state index contributed by atoms with van der Waals surface area (Å²) in [5.41, 5.74) is 7.88. The van der Waals surface area contributed by atoms with Gasteiger partial charge in [0, 0.05) is 17.4 Å². The van der Waals surface area contributed by atoms with Gasteiger partial charge in [0.15, 0.2) is 11.6 Å². The molecule has 3 rings (SSSR count). The Bertz CT molecular complexity index is 689. The number of carbonyl (C=O) groups is 2. The molecular weight excluding hydrogens is 324 g/mol. The Morgan fingerprint density at radius 2 is 1.62 bits per heavy atom. The molecule has 26 heavy (non-hydrogen) atoms. The monoisotopic (exact) mass is 354 g/mol. The third-order valence-corrected chi connectivity index (χ3v) is 5.79. The van der Waals surface area contributed by atoms with Gasteiger partial charge in [0.25, 0.3) is 0 Å². The molecule has 1 saturated carbocycles. The molecule has 3 aliphatic carbocycles. The Morgan fingerprint density at radius 1 is 0.923 bits per heavy atom. The van der Waals surface area contributed by atoms with E-state index in [0.717, 1.165) is 24.5 Å². The van der Waals surface area contributed by atoms with Gasteiger partial charge < -0.3 is 11.1 Å². The van der Waals surface area contributed by atoms with Crippen LogP contribution in [0.1, 0.15) is 64.7 Å². The second kappa shape index (κ2) is 8.52. The SMILES string of the molecule is CCCCCC[C@H]1CC[C@H](NC2=C3C(=O)C=CC(N)=C3C(=O)C=C2)CC1. The van der Waals surface area contributed by atoms with Gasteiger partial charge in [-0.3, -0.25) is 9.59 Å². The fourth-order valence-electron chi connectivity index (χ4n) is 4.25. The van der Waals surface area contributed by atoms with Crippen LogP contribution in [-0.4, -0.2) is 17.6 Å². The first-order chi connectivity index (χ1) is 12.6. The van der Waals surface area contributed by atoms with Crippen LogP contribution in [0.5, 0.6) is 0 Å². The second-order valence-corrected chi connectivity index (χ2v) is 7.73. The standard InChI is InChI=1S/C22H30N2O2/c1-2-3-4-5-6-15-7-9-16(10-8-15)24-18-12-14-19(25)21-17(23)11-13-20(26)22(18)21/h11-16,24H,2-10,23H2,1H3/t15-,16-. The average molecular weight is 354 g/mol. The van der Waals surface area contributed by atoms with Crippen molar-refractivity contribution < 1.29 is 9.59 Å². The summed E-state index contributed by atoms with van der Waals surface area (Å²) in [6.07, 6.45) is 17.7. The molecule has 0 heterocycles. The summed E-state index contributed by atoms with van der Waals surface area (Å²) in [4.78, 5) is 24.5. The summed E-state index contributed by atoms with van der Waals surface area (Å²) in [5.74, 6) is 0.520. The van der Waals surface area contributed by atoms with Crippen LogP contribution in [0.15, 0.2) is 46.8 Å². The van der Waals surface area contributed by atoms with Gasteiger partial charge in [-0.05, 0) is 55.9 Å². The molecule has 3 N–H and O–H groups in total. The maximum Gasteiger partial charge on any atom is 0.188 e. The van der Waals surface area contributed by atoms with Gasteiger partial charge in [-0.1, -0.05) is 39.0 Å². The summed E-state index contributed by atoms with van der Waals surface area (Å²) < 4.78 is 0. The van der Waals surface area contributed by atoms with E-state index in [9.17, 15) is 9.59 Å². The van der Waals surface area contributed by atoms with Crippen LogP contribution in [0.25, 0.3) is 0 Å². The van der Waals surface area contributed by atoms with Gasteiger partial charge in [0.1, 0.15) is 0 Å². The summed E-state index contributed by atoms with van der Waals surface area (Å²) in [7, 11) is 0. The lowest BCUT2D eigenvalue weighted by Gasteiger charge is -2.31. The summed E-state index contributed by atoms with van der Waals surface area (Å²) >= 11 is 0. The Labute approximate surface area is 156 Å². The maximum absolute atomic E-state index is 12.3. The minimum absolute atomic E-state index is 0.140. The van der Waals surface area contributed by atoms with Gasteiger partial charge in [-0.25, -0.2) is 0 Å². The molecule has 0 amide bonds. The first kappa shape index (κ1) is 18.7. The third-order valence-electron chi connectivity index (χ3n) is 5.79. The number of nitrogens with two attached hydrogens (primary N) is 1. The molecule has 4 heteroatoms. The third kappa shape index (κ3) is 4.17. The molecule has 140 valence electrons. The van der Waals surface area contributed by atoms with E-state index in [2.05, 4.69) is 12.2 Å². The lowest BCUT2D eigenvalue weighted by molar-refractivity contribution is -0.114. The van der Waals surface area contributed by atoms with Crippen LogP contribution in [0.4, 0.5) is 0 Å². The zero-order chi connectivity index (χ0) is 18.5. The van der Waals surface area contributed by atoms with Crippen molar-refractivity contribution in [2.24, 2.45) is 11.7 Å². The van der Waals surface area contributed by atoms with E-state index >= 15 is 0 Å². The largest absolute Gasteiger partial charge is 0.398 e. The van der Waals surface area contributed by atoms with Crippen LogP contribution in [0.2, 0.25) is 0 Å². The first-order valence-corrected chi connectivity index (χ1v) is 10.1. The van der Waals surface area contributed by atoms with Crippen LogP contribution in [0, 0.1) is 5.92 Å². The Balaban J connectivity index is 1.60. The van der Waals surface area contributed by atoms with Crippen LogP contribution in [0.3, 0.4) is 0 Å². The second-order valence-electron chi connectivity index (χ2n) is 7.73. The van der Waals surface area contributed by atoms with E-state index in [1.165, 1.54) is 63.2 Å². The minimum Gasteiger partial charge on any atom is -0.398 e. The van der Waals surface area contributed by atoms with Crippen molar-refractivity contribution in [2.45, 2.75) is 70.8 Å². The summed E-state index contributed by atoms with van der Waals surface area (Å²) in [6, 6.07) is 0.364. The fraction of sp³-hybridized carbons (Fsp3) is 0.545. The van der Waals surface area contributed by atoms with E-state index in [1.54, 1.807) is 6.08 Å². The van der Waals surface area contributed by atoms with E-state index in [1.807, 2.05) is 0 Å². The molecule has 0 aromatic rings. The number of unbranched alkanes of at least 4 members (excludes halogenated alkanes) is 3. The predicted octanol–water partition coefficient (Wildman–Crippen LogP) is 3.85. The van der Waals surface area contributed by atoms with Crippen molar-refractivity contribution >= 4 is 11.6 Å². The molecule has 0 aromatic heterocycles. The number of allylic oxidation sites excluding steroid dienone is 6. The quantitative estimate of drug-likeness (QED) is 0.681. The molecule has 3 aliphatic rings. The van der Waals surface area contributed by atoms with E-state index in [4.69, 9.17) is 5.73 Å². The van der Waals surface area contributed by atoms with Crippen molar-refractivity contribution in [3.8, 4) is 0 Å². The number of hydrogen-bond donors (Lipinski definition) is 2.